The molecule has 22 heteroatoms. The Balaban J connectivity index is 0.000000186. The molecule has 4 aromatic heterocycles. The highest BCUT2D eigenvalue weighted by Crippen LogP contribution is 2.28. The van der Waals surface area contributed by atoms with Gasteiger partial charge in [-0.15, -0.1) is 0 Å². The van der Waals surface area contributed by atoms with Crippen LogP contribution >= 0.6 is 27.5 Å². The second-order valence-corrected chi connectivity index (χ2v) is 20.8. The number of carbonyl (C=O) groups excluding carboxylic acids is 3. The lowest BCUT2D eigenvalue weighted by molar-refractivity contribution is 0.0230. The molecule has 0 aromatic carbocycles. The first-order chi connectivity index (χ1) is 33.8. The topological polar surface area (TPSA) is 231 Å². The van der Waals surface area contributed by atoms with Crippen molar-refractivity contribution in [3.63, 3.8) is 0 Å². The number of aromatic nitrogens is 6. The van der Waals surface area contributed by atoms with Crippen LogP contribution in [0.1, 0.15) is 110 Å². The van der Waals surface area contributed by atoms with Gasteiger partial charge in [-0.2, -0.15) is 9.97 Å². The number of amides is 2. The van der Waals surface area contributed by atoms with Crippen LogP contribution in [0.2, 0.25) is 5.28 Å². The average Bonchev–Trinajstić information content (AvgIpc) is 4.05. The van der Waals surface area contributed by atoms with E-state index in [1.807, 2.05) is 65.9 Å². The fraction of sp³-hybridized carbons (Fsp3) is 0.571. The molecule has 5 N–H and O–H groups in total. The minimum Gasteiger partial charge on any atom is -0.462 e. The molecule has 0 atom stereocenters. The number of nitrogens with zero attached hydrogens (tertiary/aromatic N) is 10. The van der Waals surface area contributed by atoms with Gasteiger partial charge in [-0.1, -0.05) is 25.7 Å². The van der Waals surface area contributed by atoms with Crippen molar-refractivity contribution in [2.75, 3.05) is 90.4 Å². The Morgan fingerprint density at radius 2 is 1.18 bits per heavy atom. The molecule has 386 valence electrons. The Morgan fingerprint density at radius 3 is 1.65 bits per heavy atom. The Bertz CT molecular complexity index is 2340. The zero-order valence-corrected chi connectivity index (χ0v) is 44.4. The Hall–Kier alpha value is -5.96. The van der Waals surface area contributed by atoms with Crippen LogP contribution in [-0.4, -0.2) is 140 Å². The number of pyridine rings is 2. The molecule has 2 saturated heterocycles. The van der Waals surface area contributed by atoms with Crippen molar-refractivity contribution in [3.8, 4) is 0 Å². The lowest BCUT2D eigenvalue weighted by atomic mass is 10.2. The van der Waals surface area contributed by atoms with Gasteiger partial charge in [0, 0.05) is 76.8 Å². The molecule has 4 aliphatic rings. The summed E-state index contributed by atoms with van der Waals surface area (Å²) >= 11 is 9.30. The van der Waals surface area contributed by atoms with E-state index in [0.29, 0.717) is 73.8 Å². The summed E-state index contributed by atoms with van der Waals surface area (Å²) in [6.45, 7) is 18.9. The van der Waals surface area contributed by atoms with Crippen LogP contribution in [0.3, 0.4) is 0 Å². The lowest BCUT2D eigenvalue weighted by Gasteiger charge is -2.36. The van der Waals surface area contributed by atoms with Crippen molar-refractivity contribution in [2.45, 2.75) is 123 Å². The second kappa shape index (κ2) is 25.4. The van der Waals surface area contributed by atoms with Crippen LogP contribution in [0.15, 0.2) is 53.5 Å². The molecule has 6 heterocycles. The molecule has 2 aliphatic heterocycles. The van der Waals surface area contributed by atoms with E-state index in [4.69, 9.17) is 31.5 Å². The molecule has 0 radical (unpaired) electrons. The maximum Gasteiger partial charge on any atom is 0.410 e. The first kappa shape index (κ1) is 54.4. The second-order valence-electron chi connectivity index (χ2n) is 19.6. The smallest absolute Gasteiger partial charge is 0.410 e. The highest BCUT2D eigenvalue weighted by Gasteiger charge is 2.28. The van der Waals surface area contributed by atoms with E-state index in [0.717, 1.165) is 60.7 Å². The van der Waals surface area contributed by atoms with E-state index in [1.165, 1.54) is 44.7 Å². The minimum absolute atomic E-state index is 0.128. The van der Waals surface area contributed by atoms with Gasteiger partial charge in [0.05, 0.1) is 34.8 Å². The number of nitrogens with one attached hydrogen (secondary N) is 3. The summed E-state index contributed by atoms with van der Waals surface area (Å²) in [5, 5.41) is 10.1. The molecular formula is C49H70BrClN14O6. The van der Waals surface area contributed by atoms with E-state index >= 15 is 0 Å². The maximum absolute atomic E-state index is 12.3. The molecule has 0 unspecified atom stereocenters. The number of piperazine rings is 2. The summed E-state index contributed by atoms with van der Waals surface area (Å²) in [7, 11) is 0. The van der Waals surface area contributed by atoms with E-state index in [2.05, 4.69) is 71.6 Å². The van der Waals surface area contributed by atoms with Crippen molar-refractivity contribution in [2.24, 2.45) is 0 Å². The van der Waals surface area contributed by atoms with Crippen LogP contribution in [0.5, 0.6) is 0 Å². The number of carbonyl (C=O) groups is 3. The first-order valence-corrected chi connectivity index (χ1v) is 25.6. The highest BCUT2D eigenvalue weighted by molar-refractivity contribution is 9.10. The Labute approximate surface area is 430 Å². The van der Waals surface area contributed by atoms with E-state index in [-0.39, 0.29) is 17.5 Å². The number of ether oxygens (including phenoxy) is 3. The average molecular weight is 1070 g/mol. The van der Waals surface area contributed by atoms with Gasteiger partial charge in [0.2, 0.25) is 11.2 Å². The largest absolute Gasteiger partial charge is 0.462 e. The molecule has 20 nitrogen and oxygen atoms in total. The van der Waals surface area contributed by atoms with Gasteiger partial charge in [-0.3, -0.25) is 0 Å². The number of halogens is 2. The van der Waals surface area contributed by atoms with Crippen molar-refractivity contribution in [3.05, 3.63) is 64.4 Å². The summed E-state index contributed by atoms with van der Waals surface area (Å²) in [6, 6.07) is 8.50. The summed E-state index contributed by atoms with van der Waals surface area (Å²) in [4.78, 5) is 69.4. The summed E-state index contributed by atoms with van der Waals surface area (Å²) in [5.41, 5.74) is 7.04. The highest BCUT2D eigenvalue weighted by atomic mass is 79.9. The van der Waals surface area contributed by atoms with Crippen molar-refractivity contribution in [1.29, 1.82) is 0 Å². The first-order valence-electron chi connectivity index (χ1n) is 24.5. The summed E-state index contributed by atoms with van der Waals surface area (Å²) < 4.78 is 16.7. The fourth-order valence-electron chi connectivity index (χ4n) is 8.18. The van der Waals surface area contributed by atoms with Gasteiger partial charge < -0.3 is 55.5 Å². The SMILES string of the molecule is CC(C)(C)OC(=O)N1CCN(c2ccc(N)nc2)CC1.CC(C)(C)OC(=O)N1CCN(c2ccc(Nc3ncc(Br)c(NC4CCCC4)n3)nc2)CC1.CCOC(=O)c1cnc(Cl)nc1NC1CCCC1. The van der Waals surface area contributed by atoms with Gasteiger partial charge in [0.25, 0.3) is 0 Å². The van der Waals surface area contributed by atoms with Gasteiger partial charge in [-0.25, -0.2) is 34.3 Å². The van der Waals surface area contributed by atoms with Crippen molar-refractivity contribution >= 4 is 86.3 Å². The number of rotatable bonds is 10. The van der Waals surface area contributed by atoms with Gasteiger partial charge in [0.15, 0.2) is 0 Å². The van der Waals surface area contributed by atoms with E-state index in [9.17, 15) is 14.4 Å². The molecule has 2 saturated carbocycles. The molecule has 0 spiro atoms. The normalized spacial score (nSPS) is 16.5. The van der Waals surface area contributed by atoms with Crippen molar-refractivity contribution in [1.82, 2.24) is 39.7 Å². The molecule has 4 aromatic rings. The Kier molecular flexibility index (Phi) is 19.5. The predicted molar refractivity (Wildman–Crippen MR) is 281 cm³/mol. The molecule has 2 aliphatic carbocycles. The fourth-order valence-corrected chi connectivity index (χ4v) is 8.62. The third-order valence-corrected chi connectivity index (χ3v) is 12.5. The monoisotopic (exact) mass is 1060 g/mol. The third kappa shape index (κ3) is 17.4. The van der Waals surface area contributed by atoms with E-state index in [1.54, 1.807) is 35.2 Å². The van der Waals surface area contributed by atoms with Crippen LogP contribution in [-0.2, 0) is 14.2 Å². The summed E-state index contributed by atoms with van der Waals surface area (Å²) in [6.07, 6.45) is 15.7. The van der Waals surface area contributed by atoms with Gasteiger partial charge in [-0.05, 0) is 126 Å². The molecule has 2 amide bonds. The van der Waals surface area contributed by atoms with Gasteiger partial charge >= 0.3 is 18.2 Å². The number of hydrogen-bond donors (Lipinski definition) is 4. The molecular weight excluding hydrogens is 996 g/mol. The van der Waals surface area contributed by atoms with Crippen LogP contribution in [0.25, 0.3) is 0 Å². The van der Waals surface area contributed by atoms with Crippen molar-refractivity contribution < 1.29 is 28.6 Å². The number of anilines is 7. The number of nitrogen functional groups attached to an aromatic ring is 1. The Morgan fingerprint density at radius 1 is 0.676 bits per heavy atom. The van der Waals surface area contributed by atoms with Gasteiger partial charge in [0.1, 0.15) is 40.0 Å². The predicted octanol–water partition coefficient (Wildman–Crippen LogP) is 9.17. The number of esters is 1. The number of nitrogens with two attached hydrogens (primary N) is 1. The third-order valence-electron chi connectivity index (χ3n) is 11.7. The van der Waals surface area contributed by atoms with Crippen LogP contribution < -0.4 is 31.5 Å². The minimum atomic E-state index is -0.479. The standard InChI is InChI=1S/C23H32BrN7O2.C14H22N4O2.C12H16ClN3O2/c1-23(2,3)33-22(32)31-12-10-30(11-13-31)17-8-9-19(25-14-17)28-21-26-15-18(24)20(29-21)27-16-6-4-5-7-16;1-14(2,3)20-13(19)18-8-6-17(7-9-18)11-4-5-12(15)16-10-11;1-2-18-11(17)9-7-14-12(13)16-10(9)15-8-5-3-4-6-8/h8-9,14-16H,4-7,10-13H2,1-3H3,(H2,25,26,27,28,29);4-5,10H,6-9H2,1-3H3,(H2,15,16);7-8H,2-6H2,1H3,(H,14,15,16). The number of hydrogen-bond acceptors (Lipinski definition) is 18. The quantitative estimate of drug-likeness (QED) is 0.0659. The van der Waals surface area contributed by atoms with Crippen LogP contribution in [0, 0.1) is 0 Å². The zero-order chi connectivity index (χ0) is 51.1. The molecule has 71 heavy (non-hydrogen) atoms. The zero-order valence-electron chi connectivity index (χ0n) is 42.0. The maximum atomic E-state index is 12.3. The summed E-state index contributed by atoms with van der Waals surface area (Å²) in [5.74, 6) is 2.56. The van der Waals surface area contributed by atoms with E-state index < -0.39 is 17.2 Å². The molecule has 8 rings (SSSR count). The lowest BCUT2D eigenvalue weighted by Crippen LogP contribution is -2.50. The van der Waals surface area contributed by atoms with Crippen LogP contribution in [0.4, 0.5) is 50.2 Å². The molecule has 4 fully saturated rings. The molecule has 0 bridgehead atoms.